The summed E-state index contributed by atoms with van der Waals surface area (Å²) >= 11 is 0. The molecule has 1 aromatic heterocycles. The Labute approximate surface area is 129 Å². The van der Waals surface area contributed by atoms with Crippen molar-refractivity contribution in [2.45, 2.75) is 26.3 Å². The van der Waals surface area contributed by atoms with E-state index >= 15 is 0 Å². The smallest absolute Gasteiger partial charge is 0.363 e. The molecule has 0 amide bonds. The minimum atomic E-state index is -0.463. The second-order valence-corrected chi connectivity index (χ2v) is 4.89. The highest BCUT2D eigenvalue weighted by Gasteiger charge is 2.16. The van der Waals surface area contributed by atoms with E-state index in [0.717, 1.165) is 12.8 Å². The van der Waals surface area contributed by atoms with Gasteiger partial charge in [0.1, 0.15) is 0 Å². The fraction of sp³-hybridized carbons (Fsp3) is 0.294. The molecule has 5 nitrogen and oxygen atoms in total. The molecule has 22 heavy (non-hydrogen) atoms. The van der Waals surface area contributed by atoms with Gasteiger partial charge < -0.3 is 4.74 Å². The Morgan fingerprint density at radius 3 is 2.73 bits per heavy atom. The molecule has 0 bridgehead atoms. The maximum atomic E-state index is 12.1. The third kappa shape index (κ3) is 4.48. The number of ketones is 1. The lowest BCUT2D eigenvalue weighted by molar-refractivity contribution is -0.683. The lowest BCUT2D eigenvalue weighted by Crippen LogP contribution is -2.38. The van der Waals surface area contributed by atoms with E-state index in [-0.39, 0.29) is 18.0 Å². The van der Waals surface area contributed by atoms with Crippen molar-refractivity contribution in [3.8, 4) is 0 Å². The highest BCUT2D eigenvalue weighted by atomic mass is 16.5. The Kier molecular flexibility index (Phi) is 5.77. The van der Waals surface area contributed by atoms with Crippen molar-refractivity contribution in [2.24, 2.45) is 0 Å². The zero-order valence-corrected chi connectivity index (χ0v) is 12.6. The van der Waals surface area contributed by atoms with E-state index in [1.165, 1.54) is 12.4 Å². The zero-order valence-electron chi connectivity index (χ0n) is 12.6. The van der Waals surface area contributed by atoms with Gasteiger partial charge in [-0.1, -0.05) is 43.7 Å². The summed E-state index contributed by atoms with van der Waals surface area (Å²) in [5.74, 6) is -0.489. The lowest BCUT2D eigenvalue weighted by Gasteiger charge is -2.02. The van der Waals surface area contributed by atoms with Gasteiger partial charge in [0.2, 0.25) is 24.2 Å². The van der Waals surface area contributed by atoms with Crippen LogP contribution in [0.5, 0.6) is 0 Å². The van der Waals surface area contributed by atoms with Crippen LogP contribution in [0.3, 0.4) is 0 Å². The van der Waals surface area contributed by atoms with E-state index in [0.29, 0.717) is 12.2 Å². The van der Waals surface area contributed by atoms with Crippen LogP contribution in [0.2, 0.25) is 0 Å². The van der Waals surface area contributed by atoms with Gasteiger partial charge in [0.05, 0.1) is 12.8 Å². The molecule has 1 aromatic carbocycles. The maximum Gasteiger partial charge on any atom is 0.363 e. The Bertz CT molecular complexity index is 641. The molecule has 0 spiro atoms. The largest absolute Gasteiger partial charge is 0.461 e. The molecule has 0 aliphatic carbocycles. The minimum Gasteiger partial charge on any atom is -0.461 e. The topological polar surface area (TPSA) is 60.1 Å². The molecule has 5 heteroatoms. The van der Waals surface area contributed by atoms with E-state index in [2.05, 4.69) is 4.98 Å². The highest BCUT2D eigenvalue weighted by Crippen LogP contribution is 2.01. The number of benzene rings is 1. The van der Waals surface area contributed by atoms with Gasteiger partial charge in [0.25, 0.3) is 0 Å². The number of hydrogen-bond donors (Lipinski definition) is 0. The predicted molar refractivity (Wildman–Crippen MR) is 80.4 cm³/mol. The molecule has 1 heterocycles. The zero-order chi connectivity index (χ0) is 15.8. The number of nitrogens with zero attached hydrogens (tertiary/aromatic N) is 2. The molecule has 0 radical (unpaired) electrons. The Morgan fingerprint density at radius 2 is 2.00 bits per heavy atom. The summed E-state index contributed by atoms with van der Waals surface area (Å²) in [5.41, 5.74) is 0.846. The number of carbonyl (C=O) groups is 2. The van der Waals surface area contributed by atoms with Crippen LogP contribution in [-0.2, 0) is 11.3 Å². The first-order chi connectivity index (χ1) is 10.7. The molecule has 114 valence electrons. The van der Waals surface area contributed by atoms with E-state index in [1.807, 2.05) is 25.1 Å². The van der Waals surface area contributed by atoms with Crippen molar-refractivity contribution in [1.82, 2.24) is 4.98 Å². The number of carbonyl (C=O) groups excluding carboxylic acids is 2. The van der Waals surface area contributed by atoms with Gasteiger partial charge in [-0.05, 0) is 6.42 Å². The van der Waals surface area contributed by atoms with Crippen LogP contribution in [-0.4, -0.2) is 23.3 Å². The van der Waals surface area contributed by atoms with Gasteiger partial charge in [-0.15, -0.1) is 0 Å². The summed E-state index contributed by atoms with van der Waals surface area (Å²) in [6.45, 7) is 2.56. The second-order valence-electron chi connectivity index (χ2n) is 4.89. The minimum absolute atomic E-state index is 0.0258. The fourth-order valence-corrected chi connectivity index (χ4v) is 1.90. The van der Waals surface area contributed by atoms with Crippen LogP contribution in [0.1, 0.15) is 40.6 Å². The Balaban J connectivity index is 2.02. The average molecular weight is 299 g/mol. The molecule has 0 atom stereocenters. The standard InChI is InChI=1S/C17H19N2O3/c1-2-3-11-22-17(21)15-12-19(10-9-18-15)13-16(20)14-7-5-4-6-8-14/h4-10,12H,2-3,11,13H2,1H3/q+1. The number of rotatable bonds is 7. The molecule has 2 rings (SSSR count). The number of unbranched alkanes of at least 4 members (excludes halogenated alkanes) is 1. The van der Waals surface area contributed by atoms with Gasteiger partial charge in [0, 0.05) is 5.56 Å². The third-order valence-electron chi connectivity index (χ3n) is 3.12. The number of esters is 1. The summed E-state index contributed by atoms with van der Waals surface area (Å²) in [6.07, 6.45) is 6.47. The van der Waals surface area contributed by atoms with Crippen molar-refractivity contribution < 1.29 is 18.9 Å². The van der Waals surface area contributed by atoms with Gasteiger partial charge in [0.15, 0.2) is 6.20 Å². The van der Waals surface area contributed by atoms with Crippen molar-refractivity contribution in [3.63, 3.8) is 0 Å². The fourth-order valence-electron chi connectivity index (χ4n) is 1.90. The van der Waals surface area contributed by atoms with E-state index in [9.17, 15) is 9.59 Å². The van der Waals surface area contributed by atoms with Crippen LogP contribution in [0.25, 0.3) is 0 Å². The van der Waals surface area contributed by atoms with Gasteiger partial charge in [-0.25, -0.2) is 9.78 Å². The number of aromatic nitrogens is 2. The molecule has 0 aliphatic rings. The van der Waals surface area contributed by atoms with Crippen molar-refractivity contribution in [3.05, 3.63) is 60.2 Å². The SMILES string of the molecule is CCCCOC(=O)c1c[n+](CC(=O)c2ccccc2)ccn1. The normalized spacial score (nSPS) is 10.2. The second kappa shape index (κ2) is 8.02. The van der Waals surface area contributed by atoms with Crippen LogP contribution in [0.4, 0.5) is 0 Å². The molecule has 0 unspecified atom stereocenters. The first-order valence-electron chi connectivity index (χ1n) is 7.31. The molecule has 2 aromatic rings. The Hall–Kier alpha value is -2.56. The monoisotopic (exact) mass is 299 g/mol. The van der Waals surface area contributed by atoms with Gasteiger partial charge >= 0.3 is 5.97 Å². The lowest BCUT2D eigenvalue weighted by atomic mass is 10.1. The maximum absolute atomic E-state index is 12.1. The molecule has 0 saturated heterocycles. The first-order valence-corrected chi connectivity index (χ1v) is 7.31. The summed E-state index contributed by atoms with van der Waals surface area (Å²) in [7, 11) is 0. The third-order valence-corrected chi connectivity index (χ3v) is 3.12. The van der Waals surface area contributed by atoms with Crippen LogP contribution in [0, 0.1) is 0 Å². The Morgan fingerprint density at radius 1 is 1.23 bits per heavy atom. The molecule has 0 N–H and O–H groups in total. The average Bonchev–Trinajstić information content (AvgIpc) is 2.56. The molecular weight excluding hydrogens is 280 g/mol. The summed E-state index contributed by atoms with van der Waals surface area (Å²) in [4.78, 5) is 28.0. The highest BCUT2D eigenvalue weighted by molar-refractivity contribution is 5.95. The quantitative estimate of drug-likeness (QED) is 0.340. The van der Waals surface area contributed by atoms with Crippen LogP contribution < -0.4 is 4.57 Å². The van der Waals surface area contributed by atoms with Gasteiger partial charge in [-0.3, -0.25) is 4.79 Å². The van der Waals surface area contributed by atoms with Crippen molar-refractivity contribution in [1.29, 1.82) is 0 Å². The molecule has 0 aliphatic heterocycles. The van der Waals surface area contributed by atoms with Crippen LogP contribution in [0.15, 0.2) is 48.9 Å². The summed E-state index contributed by atoms with van der Waals surface area (Å²) in [5, 5.41) is 0. The summed E-state index contributed by atoms with van der Waals surface area (Å²) < 4.78 is 6.75. The van der Waals surface area contributed by atoms with Crippen molar-refractivity contribution >= 4 is 11.8 Å². The predicted octanol–water partition coefficient (Wildman–Crippen LogP) is 2.21. The molecule has 0 fully saturated rings. The van der Waals surface area contributed by atoms with E-state index < -0.39 is 5.97 Å². The summed E-state index contributed by atoms with van der Waals surface area (Å²) in [6, 6.07) is 9.04. The molecule has 0 saturated carbocycles. The van der Waals surface area contributed by atoms with Gasteiger partial charge in [-0.2, -0.15) is 4.57 Å². The van der Waals surface area contributed by atoms with Crippen LogP contribution >= 0.6 is 0 Å². The molecular formula is C17H19N2O3+. The number of Topliss-reactive ketones (excluding diaryl/α,β-unsaturated/α-hetero) is 1. The van der Waals surface area contributed by atoms with E-state index in [1.54, 1.807) is 22.9 Å². The van der Waals surface area contributed by atoms with Crippen molar-refractivity contribution in [2.75, 3.05) is 6.61 Å². The first kappa shape index (κ1) is 15.8. The number of hydrogen-bond acceptors (Lipinski definition) is 4. The van der Waals surface area contributed by atoms with E-state index in [4.69, 9.17) is 4.74 Å². The number of ether oxygens (including phenoxy) is 1.